The van der Waals surface area contributed by atoms with Gasteiger partial charge in [-0.15, -0.1) is 0 Å². The fourth-order valence-electron chi connectivity index (χ4n) is 1.27. The topological polar surface area (TPSA) is 83.7 Å². The van der Waals surface area contributed by atoms with Gasteiger partial charge >= 0.3 is 5.97 Å². The van der Waals surface area contributed by atoms with Crippen molar-refractivity contribution in [1.82, 2.24) is 0 Å². The number of non-ortho nitro benzene ring substituents is 1. The number of benzene rings is 1. The summed E-state index contributed by atoms with van der Waals surface area (Å²) in [4.78, 5) is 21.6. The van der Waals surface area contributed by atoms with E-state index in [2.05, 4.69) is 0 Å². The molecule has 0 aromatic heterocycles. The normalized spacial score (nSPS) is 11.9. The Morgan fingerprint density at radius 3 is 2.59 bits per heavy atom. The molecule has 1 aromatic rings. The number of nitro benzene ring substituents is 1. The number of carboxylic acid groups (broad SMARTS) is 1. The van der Waals surface area contributed by atoms with Gasteiger partial charge in [0.1, 0.15) is 6.04 Å². The number of carbonyl (C=O) groups is 1. The van der Waals surface area contributed by atoms with Gasteiger partial charge in [0.15, 0.2) is 5.82 Å². The number of nitrogens with zero attached hydrogens (tertiary/aromatic N) is 2. The van der Waals surface area contributed by atoms with Crippen molar-refractivity contribution < 1.29 is 19.2 Å². The number of hydrogen-bond donors (Lipinski definition) is 1. The van der Waals surface area contributed by atoms with Crippen LogP contribution in [0.25, 0.3) is 0 Å². The quantitative estimate of drug-likeness (QED) is 0.641. The molecule has 0 radical (unpaired) electrons. The van der Waals surface area contributed by atoms with Crippen molar-refractivity contribution in [3.63, 3.8) is 0 Å². The minimum atomic E-state index is -1.11. The smallest absolute Gasteiger partial charge is 0.326 e. The zero-order chi connectivity index (χ0) is 13.2. The molecule has 0 aliphatic heterocycles. The first-order chi connectivity index (χ1) is 7.84. The zero-order valence-corrected chi connectivity index (χ0v) is 9.25. The molecule has 0 spiro atoms. The van der Waals surface area contributed by atoms with Gasteiger partial charge in [-0.1, -0.05) is 0 Å². The van der Waals surface area contributed by atoms with E-state index in [4.69, 9.17) is 5.11 Å². The van der Waals surface area contributed by atoms with Crippen molar-refractivity contribution >= 4 is 17.3 Å². The maximum atomic E-state index is 13.5. The van der Waals surface area contributed by atoms with Crippen LogP contribution < -0.4 is 4.90 Å². The number of nitro groups is 1. The van der Waals surface area contributed by atoms with Gasteiger partial charge in [-0.2, -0.15) is 0 Å². The molecular weight excluding hydrogens is 231 g/mol. The molecule has 0 heterocycles. The largest absolute Gasteiger partial charge is 0.480 e. The van der Waals surface area contributed by atoms with E-state index in [0.717, 1.165) is 12.1 Å². The van der Waals surface area contributed by atoms with Crippen molar-refractivity contribution in [1.29, 1.82) is 0 Å². The van der Waals surface area contributed by atoms with Crippen molar-refractivity contribution in [2.75, 3.05) is 11.9 Å². The number of carboxylic acids is 1. The number of aliphatic carboxylic acids is 1. The molecule has 0 saturated heterocycles. The third-order valence-corrected chi connectivity index (χ3v) is 2.46. The molecule has 1 aromatic carbocycles. The second kappa shape index (κ2) is 4.77. The van der Waals surface area contributed by atoms with Crippen LogP contribution in [0.1, 0.15) is 6.92 Å². The molecule has 17 heavy (non-hydrogen) atoms. The average molecular weight is 242 g/mol. The lowest BCUT2D eigenvalue weighted by Gasteiger charge is -2.23. The first-order valence-corrected chi connectivity index (χ1v) is 4.74. The average Bonchev–Trinajstić information content (AvgIpc) is 2.26. The molecule has 0 amide bonds. The molecule has 1 unspecified atom stereocenters. The zero-order valence-electron chi connectivity index (χ0n) is 9.25. The molecule has 0 bridgehead atoms. The highest BCUT2D eigenvalue weighted by molar-refractivity contribution is 5.77. The van der Waals surface area contributed by atoms with Crippen molar-refractivity contribution in [3.05, 3.63) is 34.1 Å². The van der Waals surface area contributed by atoms with Gasteiger partial charge in [0.25, 0.3) is 5.69 Å². The molecule has 1 rings (SSSR count). The maximum absolute atomic E-state index is 13.5. The summed E-state index contributed by atoms with van der Waals surface area (Å²) < 4.78 is 13.5. The molecule has 0 fully saturated rings. The second-order valence-electron chi connectivity index (χ2n) is 3.52. The van der Waals surface area contributed by atoms with Gasteiger partial charge < -0.3 is 10.0 Å². The SMILES string of the molecule is CC(C(=O)O)N(C)c1ccc([N+](=O)[O-])cc1F. The lowest BCUT2D eigenvalue weighted by atomic mass is 10.2. The Morgan fingerprint density at radius 1 is 1.59 bits per heavy atom. The van der Waals surface area contributed by atoms with E-state index in [1.165, 1.54) is 24.9 Å². The van der Waals surface area contributed by atoms with Crippen LogP contribution in [0.5, 0.6) is 0 Å². The molecule has 0 saturated carbocycles. The Labute approximate surface area is 96.4 Å². The Bertz CT molecular complexity index is 464. The molecule has 7 heteroatoms. The van der Waals surface area contributed by atoms with Crippen LogP contribution in [-0.4, -0.2) is 29.1 Å². The van der Waals surface area contributed by atoms with E-state index in [9.17, 15) is 19.3 Å². The summed E-state index contributed by atoms with van der Waals surface area (Å²) in [6.07, 6.45) is 0. The van der Waals surface area contributed by atoms with Gasteiger partial charge in [0.2, 0.25) is 0 Å². The fraction of sp³-hybridized carbons (Fsp3) is 0.300. The van der Waals surface area contributed by atoms with E-state index < -0.39 is 22.8 Å². The van der Waals surface area contributed by atoms with Crippen molar-refractivity contribution in [3.8, 4) is 0 Å². The third-order valence-electron chi connectivity index (χ3n) is 2.46. The van der Waals surface area contributed by atoms with Crippen LogP contribution in [0.15, 0.2) is 18.2 Å². The first-order valence-electron chi connectivity index (χ1n) is 4.74. The van der Waals surface area contributed by atoms with Crippen LogP contribution in [0, 0.1) is 15.9 Å². The minimum absolute atomic E-state index is 0.00509. The lowest BCUT2D eigenvalue weighted by Crippen LogP contribution is -2.36. The summed E-state index contributed by atoms with van der Waals surface area (Å²) in [6.45, 7) is 1.39. The third kappa shape index (κ3) is 2.68. The summed E-state index contributed by atoms with van der Waals surface area (Å²) in [5, 5.41) is 19.2. The monoisotopic (exact) mass is 242 g/mol. The van der Waals surface area contributed by atoms with Crippen molar-refractivity contribution in [2.45, 2.75) is 13.0 Å². The number of anilines is 1. The van der Waals surface area contributed by atoms with E-state index in [1.807, 2.05) is 0 Å². The highest BCUT2D eigenvalue weighted by Crippen LogP contribution is 2.24. The number of halogens is 1. The summed E-state index contributed by atoms with van der Waals surface area (Å²) in [7, 11) is 1.41. The molecular formula is C10H11FN2O4. The molecule has 92 valence electrons. The summed E-state index contributed by atoms with van der Waals surface area (Å²) in [6, 6.07) is 2.16. The van der Waals surface area contributed by atoms with E-state index >= 15 is 0 Å². The van der Waals surface area contributed by atoms with Crippen LogP contribution in [0.2, 0.25) is 0 Å². The number of hydrogen-bond acceptors (Lipinski definition) is 4. The Kier molecular flexibility index (Phi) is 3.62. The van der Waals surface area contributed by atoms with Crippen LogP contribution >= 0.6 is 0 Å². The van der Waals surface area contributed by atoms with Gasteiger partial charge in [-0.25, -0.2) is 9.18 Å². The van der Waals surface area contributed by atoms with E-state index in [-0.39, 0.29) is 11.4 Å². The number of likely N-dealkylation sites (N-methyl/N-ethyl adjacent to an activating group) is 1. The van der Waals surface area contributed by atoms with Crippen molar-refractivity contribution in [2.24, 2.45) is 0 Å². The highest BCUT2D eigenvalue weighted by Gasteiger charge is 2.21. The highest BCUT2D eigenvalue weighted by atomic mass is 19.1. The van der Waals surface area contributed by atoms with Gasteiger partial charge in [-0.05, 0) is 13.0 Å². The number of rotatable bonds is 4. The predicted molar refractivity (Wildman–Crippen MR) is 58.6 cm³/mol. The molecule has 0 aliphatic rings. The second-order valence-corrected chi connectivity index (χ2v) is 3.52. The van der Waals surface area contributed by atoms with E-state index in [1.54, 1.807) is 0 Å². The molecule has 6 nitrogen and oxygen atoms in total. The van der Waals surface area contributed by atoms with Crippen LogP contribution in [-0.2, 0) is 4.79 Å². The Balaban J connectivity index is 3.08. The first kappa shape index (κ1) is 12.9. The summed E-state index contributed by atoms with van der Waals surface area (Å²) in [5.41, 5.74) is -0.367. The predicted octanol–water partition coefficient (Wildman–Crippen LogP) is 1.64. The minimum Gasteiger partial charge on any atom is -0.480 e. The van der Waals surface area contributed by atoms with Gasteiger partial charge in [0, 0.05) is 13.1 Å². The summed E-state index contributed by atoms with van der Waals surface area (Å²) >= 11 is 0. The van der Waals surface area contributed by atoms with Gasteiger partial charge in [0.05, 0.1) is 16.7 Å². The van der Waals surface area contributed by atoms with Crippen LogP contribution in [0.4, 0.5) is 15.8 Å². The fourth-order valence-corrected chi connectivity index (χ4v) is 1.27. The molecule has 0 aliphatic carbocycles. The molecule has 1 atom stereocenters. The van der Waals surface area contributed by atoms with Gasteiger partial charge in [-0.3, -0.25) is 10.1 Å². The standard InChI is InChI=1S/C10H11FN2O4/c1-6(10(14)15)12(2)9-4-3-7(13(16)17)5-8(9)11/h3-6H,1-2H3,(H,14,15). The molecule has 1 N–H and O–H groups in total. The maximum Gasteiger partial charge on any atom is 0.326 e. The van der Waals surface area contributed by atoms with Crippen LogP contribution in [0.3, 0.4) is 0 Å². The lowest BCUT2D eigenvalue weighted by molar-refractivity contribution is -0.385. The Hall–Kier alpha value is -2.18. The van der Waals surface area contributed by atoms with E-state index in [0.29, 0.717) is 0 Å². The summed E-state index contributed by atoms with van der Waals surface area (Å²) in [5.74, 6) is -1.93. The Morgan fingerprint density at radius 2 is 2.18 bits per heavy atom.